The van der Waals surface area contributed by atoms with Crippen molar-refractivity contribution in [1.82, 2.24) is 0 Å². The van der Waals surface area contributed by atoms with Gasteiger partial charge in [-0.1, -0.05) is 15.9 Å². The molecular formula is C15H14BrNO2. The van der Waals surface area contributed by atoms with Crippen LogP contribution in [0.4, 0.5) is 5.69 Å². The lowest BCUT2D eigenvalue weighted by Gasteiger charge is -2.10. The van der Waals surface area contributed by atoms with Crippen LogP contribution in [-0.2, 0) is 4.79 Å². The van der Waals surface area contributed by atoms with E-state index in [0.717, 1.165) is 21.3 Å². The van der Waals surface area contributed by atoms with E-state index in [2.05, 4.69) is 21.2 Å². The SMILES string of the molecule is Cc1cc(Br)cc(C)c1NC(=O)/C=C/c1ccco1. The van der Waals surface area contributed by atoms with Gasteiger partial charge in [-0.15, -0.1) is 0 Å². The van der Waals surface area contributed by atoms with Gasteiger partial charge >= 0.3 is 0 Å². The average Bonchev–Trinajstić information content (AvgIpc) is 2.84. The number of anilines is 1. The maximum atomic E-state index is 11.8. The van der Waals surface area contributed by atoms with Crippen molar-refractivity contribution in [1.29, 1.82) is 0 Å². The predicted molar refractivity (Wildman–Crippen MR) is 80.0 cm³/mol. The molecule has 0 fully saturated rings. The normalized spacial score (nSPS) is 10.9. The third-order valence-corrected chi connectivity index (χ3v) is 3.15. The molecule has 0 atom stereocenters. The summed E-state index contributed by atoms with van der Waals surface area (Å²) >= 11 is 3.43. The summed E-state index contributed by atoms with van der Waals surface area (Å²) in [4.78, 5) is 11.8. The Morgan fingerprint density at radius 3 is 2.58 bits per heavy atom. The highest BCUT2D eigenvalue weighted by molar-refractivity contribution is 9.10. The van der Waals surface area contributed by atoms with E-state index in [0.29, 0.717) is 5.76 Å². The lowest BCUT2D eigenvalue weighted by molar-refractivity contribution is -0.111. The summed E-state index contributed by atoms with van der Waals surface area (Å²) in [5.74, 6) is 0.476. The van der Waals surface area contributed by atoms with Crippen molar-refractivity contribution < 1.29 is 9.21 Å². The summed E-state index contributed by atoms with van der Waals surface area (Å²) in [7, 11) is 0. The summed E-state index contributed by atoms with van der Waals surface area (Å²) in [6.45, 7) is 3.92. The first-order chi connectivity index (χ1) is 9.06. The maximum Gasteiger partial charge on any atom is 0.248 e. The lowest BCUT2D eigenvalue weighted by atomic mass is 10.1. The first kappa shape index (κ1) is 13.6. The van der Waals surface area contributed by atoms with Gasteiger partial charge in [0.25, 0.3) is 0 Å². The molecule has 4 heteroatoms. The first-order valence-corrected chi connectivity index (χ1v) is 6.65. The molecule has 0 saturated carbocycles. The lowest BCUT2D eigenvalue weighted by Crippen LogP contribution is -2.10. The summed E-state index contributed by atoms with van der Waals surface area (Å²) in [5.41, 5.74) is 2.88. The molecule has 98 valence electrons. The number of hydrogen-bond acceptors (Lipinski definition) is 2. The van der Waals surface area contributed by atoms with Crippen molar-refractivity contribution in [3.8, 4) is 0 Å². The number of aryl methyl sites for hydroxylation is 2. The molecule has 0 bridgehead atoms. The second-order valence-corrected chi connectivity index (χ2v) is 5.17. The number of halogens is 1. The van der Waals surface area contributed by atoms with Gasteiger partial charge in [0.15, 0.2) is 0 Å². The van der Waals surface area contributed by atoms with Gasteiger partial charge in [0.1, 0.15) is 5.76 Å². The highest BCUT2D eigenvalue weighted by Crippen LogP contribution is 2.25. The molecular weight excluding hydrogens is 306 g/mol. The van der Waals surface area contributed by atoms with Gasteiger partial charge in [0.05, 0.1) is 6.26 Å². The van der Waals surface area contributed by atoms with Gasteiger partial charge in [0, 0.05) is 16.2 Å². The van der Waals surface area contributed by atoms with Crippen molar-refractivity contribution in [2.24, 2.45) is 0 Å². The first-order valence-electron chi connectivity index (χ1n) is 5.85. The standard InChI is InChI=1S/C15H14BrNO2/c1-10-8-12(16)9-11(2)15(10)17-14(18)6-5-13-4-3-7-19-13/h3-9H,1-2H3,(H,17,18)/b6-5+. The van der Waals surface area contributed by atoms with Gasteiger partial charge in [-0.25, -0.2) is 0 Å². The molecule has 1 aromatic heterocycles. The van der Waals surface area contributed by atoms with Crippen LogP contribution in [-0.4, -0.2) is 5.91 Å². The Morgan fingerprint density at radius 1 is 1.32 bits per heavy atom. The number of carbonyl (C=O) groups is 1. The molecule has 3 nitrogen and oxygen atoms in total. The third kappa shape index (κ3) is 3.58. The van der Waals surface area contributed by atoms with E-state index >= 15 is 0 Å². The third-order valence-electron chi connectivity index (χ3n) is 2.69. The van der Waals surface area contributed by atoms with Crippen LogP contribution in [0.15, 0.2) is 45.5 Å². The van der Waals surface area contributed by atoms with Gasteiger partial charge in [-0.3, -0.25) is 4.79 Å². The number of hydrogen-bond donors (Lipinski definition) is 1. The molecule has 2 rings (SSSR count). The highest BCUT2D eigenvalue weighted by atomic mass is 79.9. The summed E-state index contributed by atoms with van der Waals surface area (Å²) in [5, 5.41) is 2.88. The molecule has 0 aliphatic rings. The van der Waals surface area contributed by atoms with Crippen molar-refractivity contribution in [2.45, 2.75) is 13.8 Å². The Kier molecular flexibility index (Phi) is 4.22. The Balaban J connectivity index is 2.11. The van der Waals surface area contributed by atoms with E-state index in [9.17, 15) is 4.79 Å². The molecule has 2 aromatic rings. The van der Waals surface area contributed by atoms with E-state index in [1.807, 2.05) is 26.0 Å². The highest BCUT2D eigenvalue weighted by Gasteiger charge is 2.06. The number of amides is 1. The van der Waals surface area contributed by atoms with Gasteiger partial charge < -0.3 is 9.73 Å². The zero-order chi connectivity index (χ0) is 13.8. The van der Waals surface area contributed by atoms with Gasteiger partial charge in [-0.05, 0) is 55.3 Å². The number of benzene rings is 1. The Morgan fingerprint density at radius 2 is 2.00 bits per heavy atom. The minimum atomic E-state index is -0.176. The topological polar surface area (TPSA) is 42.2 Å². The van der Waals surface area contributed by atoms with Crippen molar-refractivity contribution in [2.75, 3.05) is 5.32 Å². The Labute approximate surface area is 120 Å². The van der Waals surface area contributed by atoms with E-state index in [1.165, 1.54) is 6.08 Å². The van der Waals surface area contributed by atoms with Crippen LogP contribution in [0, 0.1) is 13.8 Å². The van der Waals surface area contributed by atoms with E-state index in [1.54, 1.807) is 24.5 Å². The maximum absolute atomic E-state index is 11.8. The second-order valence-electron chi connectivity index (χ2n) is 4.25. The molecule has 0 spiro atoms. The summed E-state index contributed by atoms with van der Waals surface area (Å²) < 4.78 is 6.13. The van der Waals surface area contributed by atoms with Crippen LogP contribution in [0.5, 0.6) is 0 Å². The average molecular weight is 320 g/mol. The molecule has 1 amide bonds. The quantitative estimate of drug-likeness (QED) is 0.856. The van der Waals surface area contributed by atoms with E-state index in [-0.39, 0.29) is 5.91 Å². The molecule has 19 heavy (non-hydrogen) atoms. The minimum absolute atomic E-state index is 0.176. The van der Waals surface area contributed by atoms with Crippen LogP contribution in [0.25, 0.3) is 6.08 Å². The number of carbonyl (C=O) groups excluding carboxylic acids is 1. The molecule has 0 aliphatic carbocycles. The van der Waals surface area contributed by atoms with E-state index in [4.69, 9.17) is 4.42 Å². The zero-order valence-electron chi connectivity index (χ0n) is 10.7. The predicted octanol–water partition coefficient (Wildman–Crippen LogP) is 4.31. The minimum Gasteiger partial charge on any atom is -0.465 e. The van der Waals surface area contributed by atoms with E-state index < -0.39 is 0 Å². The van der Waals surface area contributed by atoms with Crippen LogP contribution in [0.1, 0.15) is 16.9 Å². The molecule has 1 heterocycles. The van der Waals surface area contributed by atoms with Gasteiger partial charge in [0.2, 0.25) is 5.91 Å². The molecule has 0 aliphatic heterocycles. The summed E-state index contributed by atoms with van der Waals surface area (Å²) in [6, 6.07) is 7.51. The van der Waals surface area contributed by atoms with Crippen molar-refractivity contribution in [3.63, 3.8) is 0 Å². The second kappa shape index (κ2) is 5.89. The van der Waals surface area contributed by atoms with Crippen molar-refractivity contribution in [3.05, 3.63) is 58.0 Å². The Hall–Kier alpha value is -1.81. The summed E-state index contributed by atoms with van der Waals surface area (Å²) in [6.07, 6.45) is 4.67. The fourth-order valence-electron chi connectivity index (χ4n) is 1.82. The van der Waals surface area contributed by atoms with Crippen LogP contribution >= 0.6 is 15.9 Å². The van der Waals surface area contributed by atoms with Gasteiger partial charge in [-0.2, -0.15) is 0 Å². The van der Waals surface area contributed by atoms with Crippen molar-refractivity contribution >= 4 is 33.6 Å². The molecule has 1 N–H and O–H groups in total. The largest absolute Gasteiger partial charge is 0.465 e. The smallest absolute Gasteiger partial charge is 0.248 e. The Bertz CT molecular complexity index is 592. The molecule has 0 radical (unpaired) electrons. The van der Waals surface area contributed by atoms with Crippen LogP contribution < -0.4 is 5.32 Å². The van der Waals surface area contributed by atoms with Crippen LogP contribution in [0.2, 0.25) is 0 Å². The molecule has 0 saturated heterocycles. The number of furan rings is 1. The van der Waals surface area contributed by atoms with Crippen LogP contribution in [0.3, 0.4) is 0 Å². The number of nitrogens with one attached hydrogen (secondary N) is 1. The number of rotatable bonds is 3. The fraction of sp³-hybridized carbons (Fsp3) is 0.133. The molecule has 1 aromatic carbocycles. The fourth-order valence-corrected chi connectivity index (χ4v) is 2.50. The zero-order valence-corrected chi connectivity index (χ0v) is 12.3. The monoisotopic (exact) mass is 319 g/mol. The molecule has 0 unspecified atom stereocenters.